The summed E-state index contributed by atoms with van der Waals surface area (Å²) in [5, 5.41) is 4.69. The topological polar surface area (TPSA) is 113 Å². The lowest BCUT2D eigenvalue weighted by atomic mass is 9.82. The number of thioether (sulfide) groups is 1. The van der Waals surface area contributed by atoms with E-state index in [4.69, 9.17) is 0 Å². The Kier molecular flexibility index (Phi) is 6.81. The summed E-state index contributed by atoms with van der Waals surface area (Å²) in [4.78, 5) is 57.5. The molecule has 0 bridgehead atoms. The molecule has 2 fully saturated rings. The Morgan fingerprint density at radius 1 is 1.21 bits per heavy atom. The minimum Gasteiger partial charge on any atom is -0.322 e. The van der Waals surface area contributed by atoms with Crippen molar-refractivity contribution in [2.24, 2.45) is 0 Å². The first-order valence-electron chi connectivity index (χ1n) is 11.4. The molecule has 0 radical (unpaired) electrons. The van der Waals surface area contributed by atoms with Crippen molar-refractivity contribution >= 4 is 51.2 Å². The number of aromatic nitrogens is 2. The molecule has 0 aromatic carbocycles. The second-order valence-corrected chi connectivity index (χ2v) is 10.9. The van der Waals surface area contributed by atoms with Gasteiger partial charge in [-0.15, -0.1) is 11.3 Å². The van der Waals surface area contributed by atoms with Crippen molar-refractivity contribution in [3.63, 3.8) is 0 Å². The van der Waals surface area contributed by atoms with E-state index >= 15 is 0 Å². The molecule has 3 heterocycles. The van der Waals surface area contributed by atoms with Crippen molar-refractivity contribution in [3.05, 3.63) is 20.8 Å². The van der Waals surface area contributed by atoms with E-state index in [-0.39, 0.29) is 11.3 Å². The molecule has 2 aromatic rings. The van der Waals surface area contributed by atoms with Gasteiger partial charge in [-0.25, -0.2) is 9.78 Å². The molecule has 11 heteroatoms. The highest BCUT2D eigenvalue weighted by atomic mass is 32.2. The van der Waals surface area contributed by atoms with Gasteiger partial charge in [-0.3, -0.25) is 24.4 Å². The number of urea groups is 1. The van der Waals surface area contributed by atoms with Crippen LogP contribution in [0, 0.1) is 13.8 Å². The van der Waals surface area contributed by atoms with Crippen LogP contribution in [0.15, 0.2) is 9.95 Å². The summed E-state index contributed by atoms with van der Waals surface area (Å²) >= 11 is 2.61. The zero-order chi connectivity index (χ0) is 23.8. The molecule has 4 amide bonds. The van der Waals surface area contributed by atoms with Crippen LogP contribution in [-0.4, -0.2) is 43.7 Å². The molecule has 4 rings (SSSR count). The van der Waals surface area contributed by atoms with E-state index in [1.54, 1.807) is 4.57 Å². The highest BCUT2D eigenvalue weighted by molar-refractivity contribution is 7.99. The fourth-order valence-corrected chi connectivity index (χ4v) is 6.32. The molecular formula is C22H29N5O4S2. The van der Waals surface area contributed by atoms with Crippen molar-refractivity contribution in [2.75, 3.05) is 5.75 Å². The van der Waals surface area contributed by atoms with Gasteiger partial charge in [-0.2, -0.15) is 5.01 Å². The van der Waals surface area contributed by atoms with Gasteiger partial charge in [0, 0.05) is 11.4 Å². The SMILES string of the molecule is CCCCn1c(SCC(=O)NN2C(=O)NC3(CCCCC3)C2=O)nc2sc(C)c(C)c2c1=O. The fourth-order valence-electron chi connectivity index (χ4n) is 4.44. The van der Waals surface area contributed by atoms with Gasteiger partial charge in [-0.05, 0) is 38.7 Å². The molecule has 0 atom stereocenters. The molecule has 2 aromatic heterocycles. The molecule has 1 saturated carbocycles. The zero-order valence-corrected chi connectivity index (χ0v) is 20.8. The maximum Gasteiger partial charge on any atom is 0.344 e. The van der Waals surface area contributed by atoms with Crippen LogP contribution in [0.5, 0.6) is 0 Å². The third kappa shape index (κ3) is 4.40. The van der Waals surface area contributed by atoms with Crippen molar-refractivity contribution in [1.29, 1.82) is 0 Å². The monoisotopic (exact) mass is 491 g/mol. The number of carbonyl (C=O) groups is 3. The second kappa shape index (κ2) is 9.46. The minimum atomic E-state index is -0.891. The van der Waals surface area contributed by atoms with Crippen LogP contribution in [-0.2, 0) is 16.1 Å². The quantitative estimate of drug-likeness (QED) is 0.349. The molecule has 1 spiro atoms. The van der Waals surface area contributed by atoms with Crippen LogP contribution < -0.4 is 16.3 Å². The van der Waals surface area contributed by atoms with E-state index < -0.39 is 23.4 Å². The number of nitrogens with one attached hydrogen (secondary N) is 2. The number of rotatable bonds is 7. The predicted molar refractivity (Wildman–Crippen MR) is 128 cm³/mol. The van der Waals surface area contributed by atoms with Crippen molar-refractivity contribution in [1.82, 2.24) is 25.3 Å². The highest BCUT2D eigenvalue weighted by Gasteiger charge is 2.52. The predicted octanol–water partition coefficient (Wildman–Crippen LogP) is 3.25. The first-order chi connectivity index (χ1) is 15.8. The van der Waals surface area contributed by atoms with Crippen LogP contribution in [0.25, 0.3) is 10.2 Å². The van der Waals surface area contributed by atoms with E-state index in [2.05, 4.69) is 22.7 Å². The summed E-state index contributed by atoms with van der Waals surface area (Å²) in [5.41, 5.74) is 2.41. The van der Waals surface area contributed by atoms with Crippen LogP contribution in [0.1, 0.15) is 62.3 Å². The van der Waals surface area contributed by atoms with E-state index in [1.807, 2.05) is 13.8 Å². The Labute approximate surface area is 200 Å². The number of hydrazine groups is 1. The summed E-state index contributed by atoms with van der Waals surface area (Å²) in [6.07, 6.45) is 5.69. The van der Waals surface area contributed by atoms with E-state index in [1.165, 1.54) is 11.3 Å². The van der Waals surface area contributed by atoms with E-state index in [0.29, 0.717) is 34.8 Å². The molecule has 178 valence electrons. The number of hydrogen-bond donors (Lipinski definition) is 2. The summed E-state index contributed by atoms with van der Waals surface area (Å²) in [5.74, 6) is -0.960. The summed E-state index contributed by atoms with van der Waals surface area (Å²) < 4.78 is 1.63. The number of unbranched alkanes of at least 4 members (excludes halogenated alkanes) is 1. The maximum atomic E-state index is 13.2. The smallest absolute Gasteiger partial charge is 0.322 e. The van der Waals surface area contributed by atoms with Gasteiger partial charge in [0.15, 0.2) is 5.16 Å². The van der Waals surface area contributed by atoms with Crippen molar-refractivity contribution < 1.29 is 14.4 Å². The first kappa shape index (κ1) is 23.7. The van der Waals surface area contributed by atoms with Gasteiger partial charge in [0.25, 0.3) is 11.5 Å². The number of nitrogens with zero attached hydrogens (tertiary/aromatic N) is 3. The van der Waals surface area contributed by atoms with Crippen molar-refractivity contribution in [2.45, 2.75) is 83.0 Å². The third-order valence-corrected chi connectivity index (χ3v) is 8.50. The van der Waals surface area contributed by atoms with E-state index in [9.17, 15) is 19.2 Å². The molecule has 1 aliphatic carbocycles. The van der Waals surface area contributed by atoms with E-state index in [0.717, 1.165) is 59.3 Å². The molecule has 1 saturated heterocycles. The minimum absolute atomic E-state index is 0.0720. The molecule has 2 aliphatic rings. The average molecular weight is 492 g/mol. The number of carbonyl (C=O) groups excluding carboxylic acids is 3. The van der Waals surface area contributed by atoms with Crippen LogP contribution in [0.3, 0.4) is 0 Å². The Morgan fingerprint density at radius 2 is 1.94 bits per heavy atom. The summed E-state index contributed by atoms with van der Waals surface area (Å²) in [7, 11) is 0. The maximum absolute atomic E-state index is 13.2. The van der Waals surface area contributed by atoms with Gasteiger partial charge in [0.05, 0.1) is 11.1 Å². The van der Waals surface area contributed by atoms with Crippen molar-refractivity contribution in [3.8, 4) is 0 Å². The number of amides is 4. The number of fused-ring (bicyclic) bond motifs is 1. The number of thiophene rings is 1. The Balaban J connectivity index is 1.50. The van der Waals surface area contributed by atoms with Gasteiger partial charge in [0.1, 0.15) is 10.4 Å². The molecule has 1 aliphatic heterocycles. The number of imide groups is 1. The van der Waals surface area contributed by atoms with Crippen LogP contribution in [0.4, 0.5) is 4.79 Å². The normalized spacial score (nSPS) is 17.7. The Bertz CT molecular complexity index is 1170. The van der Waals surface area contributed by atoms with Gasteiger partial charge in [0.2, 0.25) is 5.91 Å². The second-order valence-electron chi connectivity index (χ2n) is 8.71. The first-order valence-corrected chi connectivity index (χ1v) is 13.2. The Morgan fingerprint density at radius 3 is 2.64 bits per heavy atom. The molecule has 0 unspecified atom stereocenters. The fraction of sp³-hybridized carbons (Fsp3) is 0.591. The largest absolute Gasteiger partial charge is 0.344 e. The standard InChI is InChI=1S/C22H29N5O4S2/c1-4-5-11-26-18(29)16-13(2)14(3)33-17(16)23-21(26)32-12-15(28)25-27-19(30)22(24-20(27)31)9-7-6-8-10-22/h4-12H2,1-3H3,(H,24,31)(H,25,28). The zero-order valence-electron chi connectivity index (χ0n) is 19.2. The van der Waals surface area contributed by atoms with Gasteiger partial charge >= 0.3 is 6.03 Å². The lowest BCUT2D eigenvalue weighted by Crippen LogP contribution is -2.51. The lowest BCUT2D eigenvalue weighted by molar-refractivity contribution is -0.139. The van der Waals surface area contributed by atoms with Crippen LogP contribution in [0.2, 0.25) is 0 Å². The summed E-state index contributed by atoms with van der Waals surface area (Å²) in [6, 6.07) is -0.593. The molecule has 33 heavy (non-hydrogen) atoms. The number of hydrogen-bond acceptors (Lipinski definition) is 7. The molecule has 2 N–H and O–H groups in total. The Hall–Kier alpha value is -2.40. The molecular weight excluding hydrogens is 462 g/mol. The van der Waals surface area contributed by atoms with Gasteiger partial charge in [-0.1, -0.05) is 44.4 Å². The van der Waals surface area contributed by atoms with Gasteiger partial charge < -0.3 is 5.32 Å². The number of aryl methyl sites for hydroxylation is 2. The molecule has 9 nitrogen and oxygen atoms in total. The highest BCUT2D eigenvalue weighted by Crippen LogP contribution is 2.33. The average Bonchev–Trinajstić information content (AvgIpc) is 3.19. The summed E-state index contributed by atoms with van der Waals surface area (Å²) in [6.45, 7) is 6.47. The third-order valence-electron chi connectivity index (χ3n) is 6.43. The van der Waals surface area contributed by atoms with Crippen LogP contribution >= 0.6 is 23.1 Å². The lowest BCUT2D eigenvalue weighted by Gasteiger charge is -2.30.